The number of pyridine rings is 1. The normalized spacial score (nSPS) is 12.5. The fourth-order valence-corrected chi connectivity index (χ4v) is 2.43. The third-order valence-electron chi connectivity index (χ3n) is 3.68. The molecule has 0 aliphatic rings. The Morgan fingerprint density at radius 1 is 1.31 bits per heavy atom. The molecule has 0 fully saturated rings. The Labute approximate surface area is 157 Å². The monoisotopic (exact) mass is 378 g/mol. The SMILES string of the molecule is CC(C(=O)Nc1cc(Cl)c2ccc(N)cc2n1)N(C)C(=O)OC(C)(C)C. The van der Waals surface area contributed by atoms with Crippen molar-refractivity contribution in [1.82, 2.24) is 9.88 Å². The van der Waals surface area contributed by atoms with Crippen LogP contribution in [0.5, 0.6) is 0 Å². The molecule has 0 bridgehead atoms. The lowest BCUT2D eigenvalue weighted by Crippen LogP contribution is -2.45. The second-order valence-electron chi connectivity index (χ2n) is 7.02. The number of anilines is 2. The summed E-state index contributed by atoms with van der Waals surface area (Å²) in [5.41, 5.74) is 6.24. The number of fused-ring (bicyclic) bond motifs is 1. The van der Waals surface area contributed by atoms with Crippen molar-refractivity contribution in [2.75, 3.05) is 18.1 Å². The Balaban J connectivity index is 2.16. The summed E-state index contributed by atoms with van der Waals surface area (Å²) >= 11 is 6.25. The van der Waals surface area contributed by atoms with Crippen LogP contribution in [-0.4, -0.2) is 40.6 Å². The van der Waals surface area contributed by atoms with E-state index in [2.05, 4.69) is 10.3 Å². The van der Waals surface area contributed by atoms with Crippen LogP contribution in [-0.2, 0) is 9.53 Å². The van der Waals surface area contributed by atoms with Crippen LogP contribution in [0.25, 0.3) is 10.9 Å². The van der Waals surface area contributed by atoms with E-state index in [0.717, 1.165) is 5.39 Å². The third-order valence-corrected chi connectivity index (χ3v) is 3.99. The topological polar surface area (TPSA) is 97.5 Å². The molecule has 0 radical (unpaired) electrons. The van der Waals surface area contributed by atoms with Gasteiger partial charge in [-0.3, -0.25) is 9.69 Å². The summed E-state index contributed by atoms with van der Waals surface area (Å²) in [6.07, 6.45) is -0.586. The number of benzene rings is 1. The molecule has 0 aliphatic heterocycles. The number of carbonyl (C=O) groups excluding carboxylic acids is 2. The molecule has 3 N–H and O–H groups in total. The zero-order valence-corrected chi connectivity index (χ0v) is 16.2. The van der Waals surface area contributed by atoms with E-state index in [4.69, 9.17) is 22.1 Å². The number of halogens is 1. The van der Waals surface area contributed by atoms with E-state index in [9.17, 15) is 9.59 Å². The molecule has 0 aliphatic carbocycles. The summed E-state index contributed by atoms with van der Waals surface area (Å²) in [6.45, 7) is 6.88. The highest BCUT2D eigenvalue weighted by Crippen LogP contribution is 2.26. The van der Waals surface area contributed by atoms with Crippen molar-refractivity contribution < 1.29 is 14.3 Å². The maximum Gasteiger partial charge on any atom is 0.410 e. The first-order valence-electron chi connectivity index (χ1n) is 8.10. The molecule has 0 spiro atoms. The summed E-state index contributed by atoms with van der Waals surface area (Å²) in [5, 5.41) is 3.85. The Hall–Kier alpha value is -2.54. The number of ether oxygens (including phenoxy) is 1. The van der Waals surface area contributed by atoms with Crippen LogP contribution in [0.3, 0.4) is 0 Å². The smallest absolute Gasteiger partial charge is 0.410 e. The van der Waals surface area contributed by atoms with Crippen LogP contribution in [0, 0.1) is 0 Å². The number of nitrogens with two attached hydrogens (primary N) is 1. The molecule has 1 aromatic heterocycles. The van der Waals surface area contributed by atoms with Crippen LogP contribution in [0.1, 0.15) is 27.7 Å². The number of rotatable bonds is 3. The fraction of sp³-hybridized carbons (Fsp3) is 0.389. The highest BCUT2D eigenvalue weighted by atomic mass is 35.5. The average molecular weight is 379 g/mol. The van der Waals surface area contributed by atoms with Gasteiger partial charge in [-0.1, -0.05) is 11.6 Å². The van der Waals surface area contributed by atoms with Crippen molar-refractivity contribution in [2.45, 2.75) is 39.3 Å². The van der Waals surface area contributed by atoms with E-state index in [1.807, 2.05) is 0 Å². The van der Waals surface area contributed by atoms with E-state index in [0.29, 0.717) is 16.2 Å². The minimum Gasteiger partial charge on any atom is -0.444 e. The molecule has 26 heavy (non-hydrogen) atoms. The van der Waals surface area contributed by atoms with Gasteiger partial charge in [0.15, 0.2) is 0 Å². The molecule has 1 atom stereocenters. The lowest BCUT2D eigenvalue weighted by Gasteiger charge is -2.28. The molecule has 2 amide bonds. The number of nitrogen functional groups attached to an aromatic ring is 1. The number of nitrogens with zero attached hydrogens (tertiary/aromatic N) is 2. The quantitative estimate of drug-likeness (QED) is 0.794. The van der Waals surface area contributed by atoms with Crippen LogP contribution in [0.2, 0.25) is 5.02 Å². The molecule has 8 heteroatoms. The Morgan fingerprint density at radius 2 is 1.96 bits per heavy atom. The van der Waals surface area contributed by atoms with Crippen molar-refractivity contribution >= 4 is 46.0 Å². The molecule has 1 unspecified atom stereocenters. The van der Waals surface area contributed by atoms with Crippen molar-refractivity contribution in [3.8, 4) is 0 Å². The van der Waals surface area contributed by atoms with Gasteiger partial charge in [0.2, 0.25) is 5.91 Å². The molecule has 1 aromatic carbocycles. The van der Waals surface area contributed by atoms with Crippen molar-refractivity contribution in [2.24, 2.45) is 0 Å². The lowest BCUT2D eigenvalue weighted by molar-refractivity contribution is -0.120. The Kier molecular flexibility index (Phi) is 5.61. The second-order valence-corrected chi connectivity index (χ2v) is 7.43. The van der Waals surface area contributed by atoms with Crippen LogP contribution in [0.15, 0.2) is 24.3 Å². The predicted octanol–water partition coefficient (Wildman–Crippen LogP) is 3.66. The standard InChI is InChI=1S/C18H23ClN4O3/c1-10(23(5)17(25)26-18(2,3)4)16(24)22-15-9-13(19)12-7-6-11(20)8-14(12)21-15/h6-10H,20H2,1-5H3,(H,21,22,24). The van der Waals surface area contributed by atoms with Gasteiger partial charge in [0.25, 0.3) is 0 Å². The summed E-state index contributed by atoms with van der Waals surface area (Å²) in [5.74, 6) is -0.132. The van der Waals surface area contributed by atoms with Crippen LogP contribution in [0.4, 0.5) is 16.3 Å². The molecule has 140 valence electrons. The number of nitrogens with one attached hydrogen (secondary N) is 1. The summed E-state index contributed by atoms with van der Waals surface area (Å²) in [7, 11) is 1.50. The van der Waals surface area contributed by atoms with Gasteiger partial charge in [-0.2, -0.15) is 0 Å². The zero-order chi connectivity index (χ0) is 19.6. The van der Waals surface area contributed by atoms with Gasteiger partial charge in [-0.25, -0.2) is 9.78 Å². The molecule has 0 saturated heterocycles. The van der Waals surface area contributed by atoms with Crippen molar-refractivity contribution in [1.29, 1.82) is 0 Å². The maximum absolute atomic E-state index is 12.5. The molecule has 0 saturated carbocycles. The average Bonchev–Trinajstić information content (AvgIpc) is 2.51. The van der Waals surface area contributed by atoms with Gasteiger partial charge in [0, 0.05) is 24.2 Å². The van der Waals surface area contributed by atoms with Gasteiger partial charge in [0.1, 0.15) is 17.5 Å². The van der Waals surface area contributed by atoms with E-state index in [1.54, 1.807) is 52.0 Å². The van der Waals surface area contributed by atoms with E-state index in [-0.39, 0.29) is 5.82 Å². The summed E-state index contributed by atoms with van der Waals surface area (Å²) in [6, 6.07) is 5.96. The highest BCUT2D eigenvalue weighted by molar-refractivity contribution is 6.35. The molecular formula is C18H23ClN4O3. The number of hydrogen-bond acceptors (Lipinski definition) is 5. The van der Waals surface area contributed by atoms with Gasteiger partial charge in [0.05, 0.1) is 10.5 Å². The minimum atomic E-state index is -0.762. The van der Waals surface area contributed by atoms with E-state index >= 15 is 0 Å². The number of aromatic nitrogens is 1. The van der Waals surface area contributed by atoms with E-state index < -0.39 is 23.6 Å². The minimum absolute atomic E-state index is 0.280. The largest absolute Gasteiger partial charge is 0.444 e. The number of hydrogen-bond donors (Lipinski definition) is 2. The predicted molar refractivity (Wildman–Crippen MR) is 103 cm³/mol. The van der Waals surface area contributed by atoms with E-state index in [1.165, 1.54) is 11.9 Å². The summed E-state index contributed by atoms with van der Waals surface area (Å²) in [4.78, 5) is 30.1. The first-order chi connectivity index (χ1) is 12.0. The fourth-order valence-electron chi connectivity index (χ4n) is 2.17. The maximum atomic E-state index is 12.5. The molecule has 2 rings (SSSR count). The first-order valence-corrected chi connectivity index (χ1v) is 8.48. The van der Waals surface area contributed by atoms with Crippen LogP contribution >= 0.6 is 11.6 Å². The third kappa shape index (κ3) is 4.76. The molecular weight excluding hydrogens is 356 g/mol. The number of carbonyl (C=O) groups is 2. The number of amides is 2. The van der Waals surface area contributed by atoms with Gasteiger partial charge in [-0.15, -0.1) is 0 Å². The Bertz CT molecular complexity index is 848. The summed E-state index contributed by atoms with van der Waals surface area (Å²) < 4.78 is 5.27. The van der Waals surface area contributed by atoms with Crippen molar-refractivity contribution in [3.05, 3.63) is 29.3 Å². The molecule has 1 heterocycles. The highest BCUT2D eigenvalue weighted by Gasteiger charge is 2.27. The number of likely N-dealkylation sites (N-methyl/N-ethyl adjacent to an activating group) is 1. The van der Waals surface area contributed by atoms with Gasteiger partial charge < -0.3 is 15.8 Å². The zero-order valence-electron chi connectivity index (χ0n) is 15.5. The van der Waals surface area contributed by atoms with Gasteiger partial charge >= 0.3 is 6.09 Å². The van der Waals surface area contributed by atoms with Crippen LogP contribution < -0.4 is 11.1 Å². The van der Waals surface area contributed by atoms with Gasteiger partial charge in [-0.05, 0) is 45.9 Å². The molecule has 7 nitrogen and oxygen atoms in total. The molecule has 2 aromatic rings. The second kappa shape index (κ2) is 7.37. The van der Waals surface area contributed by atoms with Crippen molar-refractivity contribution in [3.63, 3.8) is 0 Å². The lowest BCUT2D eigenvalue weighted by atomic mass is 10.2. The first kappa shape index (κ1) is 19.8. The Morgan fingerprint density at radius 3 is 2.58 bits per heavy atom.